The van der Waals surface area contributed by atoms with E-state index < -0.39 is 0 Å². The highest BCUT2D eigenvalue weighted by molar-refractivity contribution is 5.56. The van der Waals surface area contributed by atoms with Crippen molar-refractivity contribution in [3.63, 3.8) is 0 Å². The van der Waals surface area contributed by atoms with Crippen molar-refractivity contribution in [2.45, 2.75) is 25.4 Å². The summed E-state index contributed by atoms with van der Waals surface area (Å²) in [7, 11) is 1.62. The van der Waals surface area contributed by atoms with Crippen molar-refractivity contribution in [3.05, 3.63) is 30.2 Å². The third-order valence-electron chi connectivity index (χ3n) is 3.35. The van der Waals surface area contributed by atoms with Crippen LogP contribution in [-0.4, -0.2) is 28.5 Å². The van der Waals surface area contributed by atoms with E-state index in [1.54, 1.807) is 7.11 Å². The molecule has 2 aromatic rings. The van der Waals surface area contributed by atoms with Crippen molar-refractivity contribution in [1.82, 2.24) is 10.1 Å². The van der Waals surface area contributed by atoms with Crippen LogP contribution in [0.4, 0.5) is 0 Å². The first kappa shape index (κ1) is 12.2. The maximum Gasteiger partial charge on any atom is 0.229 e. The summed E-state index contributed by atoms with van der Waals surface area (Å²) in [5.41, 5.74) is 0.843. The van der Waals surface area contributed by atoms with Gasteiger partial charge in [0.2, 0.25) is 11.7 Å². The van der Waals surface area contributed by atoms with Gasteiger partial charge in [0.25, 0.3) is 0 Å². The zero-order valence-corrected chi connectivity index (χ0v) is 10.7. The lowest BCUT2D eigenvalue weighted by Gasteiger charge is -2.03. The number of rotatable bonds is 5. The van der Waals surface area contributed by atoms with Crippen LogP contribution in [0.25, 0.3) is 11.4 Å². The van der Waals surface area contributed by atoms with Crippen molar-refractivity contribution in [3.8, 4) is 17.1 Å². The van der Waals surface area contributed by atoms with Crippen LogP contribution >= 0.6 is 0 Å². The number of benzene rings is 1. The number of methoxy groups -OCH3 is 1. The second-order valence-electron chi connectivity index (χ2n) is 4.85. The van der Waals surface area contributed by atoms with Crippen LogP contribution in [0.15, 0.2) is 28.8 Å². The Morgan fingerprint density at radius 1 is 1.47 bits per heavy atom. The molecule has 1 unspecified atom stereocenters. The van der Waals surface area contributed by atoms with E-state index in [2.05, 4.69) is 10.1 Å². The van der Waals surface area contributed by atoms with Gasteiger partial charge in [-0.05, 0) is 30.9 Å². The quantitative estimate of drug-likeness (QED) is 0.891. The third kappa shape index (κ3) is 2.76. The monoisotopic (exact) mass is 260 g/mol. The molecule has 0 aliphatic heterocycles. The Morgan fingerprint density at radius 2 is 2.32 bits per heavy atom. The molecule has 1 heterocycles. The molecule has 1 atom stereocenters. The molecule has 19 heavy (non-hydrogen) atoms. The minimum Gasteiger partial charge on any atom is -0.497 e. The van der Waals surface area contributed by atoms with Crippen molar-refractivity contribution in [1.29, 1.82) is 0 Å². The fourth-order valence-electron chi connectivity index (χ4n) is 2.04. The zero-order valence-electron chi connectivity index (χ0n) is 10.7. The Kier molecular flexibility index (Phi) is 3.21. The molecule has 1 aromatic heterocycles. The van der Waals surface area contributed by atoms with E-state index in [-0.39, 0.29) is 6.10 Å². The molecule has 0 bridgehead atoms. The van der Waals surface area contributed by atoms with E-state index in [4.69, 9.17) is 9.26 Å². The van der Waals surface area contributed by atoms with Crippen molar-refractivity contribution < 1.29 is 14.4 Å². The summed E-state index contributed by atoms with van der Waals surface area (Å²) in [5.74, 6) is 2.17. The Labute approximate surface area is 111 Å². The number of aromatic nitrogens is 2. The SMILES string of the molecule is COc1cccc(-c2noc(CC(O)C3CC3)n2)c1. The lowest BCUT2D eigenvalue weighted by Crippen LogP contribution is -2.12. The highest BCUT2D eigenvalue weighted by Gasteiger charge is 2.31. The summed E-state index contributed by atoms with van der Waals surface area (Å²) >= 11 is 0. The van der Waals surface area contributed by atoms with E-state index in [1.807, 2.05) is 24.3 Å². The molecule has 1 N–H and O–H groups in total. The molecule has 0 radical (unpaired) electrons. The van der Waals surface area contributed by atoms with Gasteiger partial charge in [-0.3, -0.25) is 0 Å². The zero-order chi connectivity index (χ0) is 13.2. The molecule has 0 spiro atoms. The number of hydrogen-bond donors (Lipinski definition) is 1. The summed E-state index contributed by atoms with van der Waals surface area (Å²) in [6.45, 7) is 0. The highest BCUT2D eigenvalue weighted by atomic mass is 16.5. The topological polar surface area (TPSA) is 68.4 Å². The van der Waals surface area contributed by atoms with E-state index in [1.165, 1.54) is 0 Å². The predicted octanol–water partition coefficient (Wildman–Crippen LogP) is 2.06. The summed E-state index contributed by atoms with van der Waals surface area (Å²) in [6.07, 6.45) is 2.26. The van der Waals surface area contributed by atoms with Gasteiger partial charge in [0.1, 0.15) is 5.75 Å². The summed E-state index contributed by atoms with van der Waals surface area (Å²) in [6, 6.07) is 7.49. The molecule has 100 valence electrons. The maximum absolute atomic E-state index is 9.86. The van der Waals surface area contributed by atoms with Gasteiger partial charge in [-0.25, -0.2) is 0 Å². The molecule has 0 saturated heterocycles. The van der Waals surface area contributed by atoms with Crippen LogP contribution < -0.4 is 4.74 Å². The number of hydrogen-bond acceptors (Lipinski definition) is 5. The summed E-state index contributed by atoms with van der Waals surface area (Å²) in [4.78, 5) is 4.31. The lowest BCUT2D eigenvalue weighted by atomic mass is 10.1. The predicted molar refractivity (Wildman–Crippen MR) is 68.7 cm³/mol. The van der Waals surface area contributed by atoms with Gasteiger partial charge in [0.15, 0.2) is 0 Å². The fourth-order valence-corrected chi connectivity index (χ4v) is 2.04. The van der Waals surface area contributed by atoms with Crippen molar-refractivity contribution in [2.75, 3.05) is 7.11 Å². The molecule has 1 aliphatic rings. The molecule has 1 saturated carbocycles. The van der Waals surface area contributed by atoms with Gasteiger partial charge in [0.05, 0.1) is 19.6 Å². The molecular formula is C14H16N2O3. The Bertz CT molecular complexity index is 563. The lowest BCUT2D eigenvalue weighted by molar-refractivity contribution is 0.140. The molecule has 1 fully saturated rings. The van der Waals surface area contributed by atoms with Gasteiger partial charge >= 0.3 is 0 Å². The molecular weight excluding hydrogens is 244 g/mol. The Hall–Kier alpha value is -1.88. The second-order valence-corrected chi connectivity index (χ2v) is 4.85. The number of nitrogens with zero attached hydrogens (tertiary/aromatic N) is 2. The molecule has 1 aliphatic carbocycles. The number of ether oxygens (including phenoxy) is 1. The highest BCUT2D eigenvalue weighted by Crippen LogP contribution is 2.34. The molecule has 0 amide bonds. The molecule has 3 rings (SSSR count). The molecule has 5 nitrogen and oxygen atoms in total. The minimum absolute atomic E-state index is 0.362. The molecule has 1 aromatic carbocycles. The number of aliphatic hydroxyl groups excluding tert-OH is 1. The van der Waals surface area contributed by atoms with E-state index in [0.29, 0.717) is 24.1 Å². The van der Waals surface area contributed by atoms with E-state index >= 15 is 0 Å². The van der Waals surface area contributed by atoms with Crippen LogP contribution in [0.5, 0.6) is 5.75 Å². The first-order valence-electron chi connectivity index (χ1n) is 6.41. The van der Waals surface area contributed by atoms with Gasteiger partial charge in [-0.1, -0.05) is 17.3 Å². The van der Waals surface area contributed by atoms with Crippen LogP contribution in [0.3, 0.4) is 0 Å². The molecule has 5 heteroatoms. The maximum atomic E-state index is 9.86. The van der Waals surface area contributed by atoms with Gasteiger partial charge in [-0.15, -0.1) is 0 Å². The van der Waals surface area contributed by atoms with Gasteiger partial charge in [0, 0.05) is 5.56 Å². The van der Waals surface area contributed by atoms with Crippen LogP contribution in [-0.2, 0) is 6.42 Å². The third-order valence-corrected chi connectivity index (χ3v) is 3.35. The average molecular weight is 260 g/mol. The average Bonchev–Trinajstić information content (AvgIpc) is 3.20. The Balaban J connectivity index is 1.75. The van der Waals surface area contributed by atoms with Crippen molar-refractivity contribution >= 4 is 0 Å². The Morgan fingerprint density at radius 3 is 3.05 bits per heavy atom. The van der Waals surface area contributed by atoms with Crippen LogP contribution in [0.2, 0.25) is 0 Å². The van der Waals surface area contributed by atoms with Crippen LogP contribution in [0, 0.1) is 5.92 Å². The first-order chi connectivity index (χ1) is 9.26. The van der Waals surface area contributed by atoms with Gasteiger partial charge < -0.3 is 14.4 Å². The largest absolute Gasteiger partial charge is 0.497 e. The first-order valence-corrected chi connectivity index (χ1v) is 6.41. The van der Waals surface area contributed by atoms with Crippen LogP contribution in [0.1, 0.15) is 18.7 Å². The van der Waals surface area contributed by atoms with E-state index in [0.717, 1.165) is 24.2 Å². The normalized spacial score (nSPS) is 16.3. The fraction of sp³-hybridized carbons (Fsp3) is 0.429. The summed E-state index contributed by atoms with van der Waals surface area (Å²) in [5, 5.41) is 13.8. The van der Waals surface area contributed by atoms with E-state index in [9.17, 15) is 5.11 Å². The number of aliphatic hydroxyl groups is 1. The van der Waals surface area contributed by atoms with Crippen molar-refractivity contribution in [2.24, 2.45) is 5.92 Å². The standard InChI is InChI=1S/C14H16N2O3/c1-18-11-4-2-3-10(7-11)14-15-13(19-16-14)8-12(17)9-5-6-9/h2-4,7,9,12,17H,5-6,8H2,1H3. The minimum atomic E-state index is -0.362. The van der Waals surface area contributed by atoms with Gasteiger partial charge in [-0.2, -0.15) is 4.98 Å². The smallest absolute Gasteiger partial charge is 0.229 e. The second kappa shape index (κ2) is 5.01. The summed E-state index contributed by atoms with van der Waals surface area (Å²) < 4.78 is 10.3.